The Kier molecular flexibility index (Phi) is 6.26. The number of pyridine rings is 3. The molecule has 2 fully saturated rings. The summed E-state index contributed by atoms with van der Waals surface area (Å²) in [5.41, 5.74) is -0.725. The van der Waals surface area contributed by atoms with Crippen molar-refractivity contribution in [3.8, 4) is 22.3 Å². The number of halogens is 5. The predicted octanol–water partition coefficient (Wildman–Crippen LogP) is 5.11. The van der Waals surface area contributed by atoms with E-state index >= 15 is 4.39 Å². The zero-order chi connectivity index (χ0) is 31.2. The normalized spacial score (nSPS) is 19.4. The largest absolute Gasteiger partial charge is 0.477 e. The van der Waals surface area contributed by atoms with Gasteiger partial charge in [-0.3, -0.25) is 14.2 Å². The number of nitrogens with one attached hydrogen (secondary N) is 1. The third-order valence-corrected chi connectivity index (χ3v) is 9.15. The number of anilines is 2. The first-order valence-electron chi connectivity index (χ1n) is 14.0. The van der Waals surface area contributed by atoms with Crippen LogP contribution in [0.25, 0.3) is 27.8 Å². The minimum Gasteiger partial charge on any atom is -0.477 e. The number of likely N-dealkylation sites (N-methyl/N-ethyl adjacent to an activating group) is 1. The minimum absolute atomic E-state index is 0.0355. The second-order valence-corrected chi connectivity index (χ2v) is 11.6. The molecule has 1 unspecified atom stereocenters. The van der Waals surface area contributed by atoms with Crippen molar-refractivity contribution in [1.29, 1.82) is 0 Å². The molecule has 3 aliphatic rings. The van der Waals surface area contributed by atoms with E-state index in [1.165, 1.54) is 12.3 Å². The predicted molar refractivity (Wildman–Crippen MR) is 153 cm³/mol. The van der Waals surface area contributed by atoms with Crippen LogP contribution in [0, 0.1) is 17.6 Å². The molecule has 7 rings (SSSR count). The highest BCUT2D eigenvalue weighted by molar-refractivity contribution is 5.97. The summed E-state index contributed by atoms with van der Waals surface area (Å²) in [5.74, 6) is -3.53. The van der Waals surface area contributed by atoms with Crippen molar-refractivity contribution in [3.05, 3.63) is 81.0 Å². The Hall–Kier alpha value is -4.52. The zero-order valence-corrected chi connectivity index (χ0v) is 23.6. The van der Waals surface area contributed by atoms with Gasteiger partial charge in [-0.2, -0.15) is 13.2 Å². The Balaban J connectivity index is 1.53. The molecule has 1 aliphatic carbocycles. The molecule has 1 aromatic carbocycles. The van der Waals surface area contributed by atoms with E-state index in [1.807, 2.05) is 7.05 Å². The van der Waals surface area contributed by atoms with Gasteiger partial charge in [-0.1, -0.05) is 6.07 Å². The van der Waals surface area contributed by atoms with Gasteiger partial charge in [0.05, 0.1) is 22.5 Å². The van der Waals surface area contributed by atoms with Gasteiger partial charge >= 0.3 is 12.1 Å². The molecule has 2 saturated heterocycles. The topological polar surface area (TPSA) is 90.2 Å². The van der Waals surface area contributed by atoms with Gasteiger partial charge in [0.25, 0.3) is 5.56 Å². The van der Waals surface area contributed by atoms with Crippen molar-refractivity contribution in [2.45, 2.75) is 25.1 Å². The van der Waals surface area contributed by atoms with Crippen LogP contribution in [-0.4, -0.2) is 65.1 Å². The van der Waals surface area contributed by atoms with Crippen LogP contribution < -0.4 is 15.8 Å². The van der Waals surface area contributed by atoms with Crippen molar-refractivity contribution < 1.29 is 31.9 Å². The third kappa shape index (κ3) is 4.09. The maximum atomic E-state index is 15.7. The second kappa shape index (κ2) is 9.74. The Labute approximate surface area is 247 Å². The number of benzene rings is 1. The quantitative estimate of drug-likeness (QED) is 0.273. The summed E-state index contributed by atoms with van der Waals surface area (Å²) in [7, 11) is 3.62. The Morgan fingerprint density at radius 3 is 2.61 bits per heavy atom. The first kappa shape index (κ1) is 28.3. The molecular weight excluding hydrogens is 585 g/mol. The SMILES string of the molecule is CNc1cc(F)c(F)c2c1Cc1ncc(-c3ccc4c(C(F)(F)F)cc(C(=O)O)c(=O)n4c3)c(N3CC[C@H]4CN(C)CC43)c1-2. The van der Waals surface area contributed by atoms with E-state index in [9.17, 15) is 32.3 Å². The summed E-state index contributed by atoms with van der Waals surface area (Å²) < 4.78 is 73.2. The number of alkyl halides is 3. The number of fused-ring (bicyclic) bond motifs is 5. The number of hydrogen-bond acceptors (Lipinski definition) is 6. The number of aromatic carboxylic acids is 1. The van der Waals surface area contributed by atoms with Gasteiger partial charge in [-0.25, -0.2) is 13.6 Å². The molecule has 0 radical (unpaired) electrons. The zero-order valence-electron chi connectivity index (χ0n) is 23.6. The number of carboxylic acids is 1. The summed E-state index contributed by atoms with van der Waals surface area (Å²) in [6.45, 7) is 2.18. The lowest BCUT2D eigenvalue weighted by Crippen LogP contribution is -2.35. The summed E-state index contributed by atoms with van der Waals surface area (Å²) in [6, 6.07) is 4.00. The van der Waals surface area contributed by atoms with Gasteiger partial charge in [-0.05, 0) is 37.1 Å². The Morgan fingerprint density at radius 2 is 1.91 bits per heavy atom. The molecular formula is C31H26F5N5O3. The van der Waals surface area contributed by atoms with Crippen LogP contribution >= 0.6 is 0 Å². The van der Waals surface area contributed by atoms with E-state index in [0.29, 0.717) is 56.7 Å². The molecule has 5 heterocycles. The fourth-order valence-corrected chi connectivity index (χ4v) is 7.23. The summed E-state index contributed by atoms with van der Waals surface area (Å²) >= 11 is 0. The molecule has 2 atom stereocenters. The first-order valence-corrected chi connectivity index (χ1v) is 14.0. The summed E-state index contributed by atoms with van der Waals surface area (Å²) in [5, 5.41) is 12.4. The van der Waals surface area contributed by atoms with Crippen molar-refractivity contribution >= 4 is 22.9 Å². The average molecular weight is 612 g/mol. The molecule has 0 spiro atoms. The van der Waals surface area contributed by atoms with Crippen LogP contribution in [0.15, 0.2) is 41.5 Å². The van der Waals surface area contributed by atoms with Crippen molar-refractivity contribution in [1.82, 2.24) is 14.3 Å². The van der Waals surface area contributed by atoms with Crippen molar-refractivity contribution in [3.63, 3.8) is 0 Å². The molecule has 0 amide bonds. The van der Waals surface area contributed by atoms with Gasteiger partial charge in [0.15, 0.2) is 11.6 Å². The highest BCUT2D eigenvalue weighted by Gasteiger charge is 2.44. The highest BCUT2D eigenvalue weighted by atomic mass is 19.4. The number of likely N-dealkylation sites (tertiary alicyclic amines) is 1. The maximum absolute atomic E-state index is 15.7. The van der Waals surface area contributed by atoms with Gasteiger partial charge in [-0.15, -0.1) is 0 Å². The van der Waals surface area contributed by atoms with E-state index in [2.05, 4.69) is 20.1 Å². The van der Waals surface area contributed by atoms with Gasteiger partial charge in [0.2, 0.25) is 0 Å². The van der Waals surface area contributed by atoms with Gasteiger partial charge in [0.1, 0.15) is 5.56 Å². The van der Waals surface area contributed by atoms with E-state index in [-0.39, 0.29) is 23.6 Å². The van der Waals surface area contributed by atoms with E-state index < -0.39 is 46.0 Å². The lowest BCUT2D eigenvalue weighted by Gasteiger charge is -2.31. The second-order valence-electron chi connectivity index (χ2n) is 11.6. The first-order chi connectivity index (χ1) is 20.9. The minimum atomic E-state index is -4.93. The van der Waals surface area contributed by atoms with Gasteiger partial charge in [0, 0.05) is 85.5 Å². The lowest BCUT2D eigenvalue weighted by atomic mass is 9.96. The standard InChI is InChI=1S/C31H26F5N5O3/c1-37-21-9-20(32)27(33)25-16(21)8-22-26(25)28(40-6-5-15-11-39(2)13-24(15)40)18(10-38-22)14-3-4-23-19(31(34,35)36)7-17(30(43)44)29(42)41(23)12-14/h3-4,7,9-10,12,15,24,37H,5-6,8,11,13H2,1-2H3,(H,43,44)/t15-,24?/m0/s1. The van der Waals surface area contributed by atoms with E-state index in [4.69, 9.17) is 0 Å². The molecule has 228 valence electrons. The van der Waals surface area contributed by atoms with Crippen molar-refractivity contribution in [2.75, 3.05) is 43.9 Å². The number of carboxylic acid groups (broad SMARTS) is 1. The molecule has 0 bridgehead atoms. The van der Waals surface area contributed by atoms with Crippen LogP contribution in [0.1, 0.15) is 33.6 Å². The number of carbonyl (C=O) groups is 1. The third-order valence-electron chi connectivity index (χ3n) is 9.15. The number of nitrogens with zero attached hydrogens (tertiary/aromatic N) is 4. The smallest absolute Gasteiger partial charge is 0.418 e. The summed E-state index contributed by atoms with van der Waals surface area (Å²) in [4.78, 5) is 33.8. The molecule has 2 aliphatic heterocycles. The molecule has 8 nitrogen and oxygen atoms in total. The fraction of sp³-hybridized carbons (Fsp3) is 0.323. The van der Waals surface area contributed by atoms with Gasteiger partial charge < -0.3 is 20.2 Å². The van der Waals surface area contributed by atoms with Crippen molar-refractivity contribution in [2.24, 2.45) is 5.92 Å². The average Bonchev–Trinajstić information content (AvgIpc) is 3.66. The van der Waals surface area contributed by atoms with Crippen LogP contribution in [0.2, 0.25) is 0 Å². The molecule has 13 heteroatoms. The Bertz CT molecular complexity index is 1960. The molecule has 2 N–H and O–H groups in total. The van der Waals surface area contributed by atoms with Crippen LogP contribution in [0.3, 0.4) is 0 Å². The van der Waals surface area contributed by atoms with Crippen LogP contribution in [-0.2, 0) is 12.6 Å². The molecule has 3 aromatic heterocycles. The number of hydrogen-bond donors (Lipinski definition) is 2. The van der Waals surface area contributed by atoms with E-state index in [1.54, 1.807) is 7.05 Å². The lowest BCUT2D eigenvalue weighted by molar-refractivity contribution is -0.136. The summed E-state index contributed by atoms with van der Waals surface area (Å²) in [6.07, 6.45) is -1.14. The van der Waals surface area contributed by atoms with E-state index in [0.717, 1.165) is 37.8 Å². The van der Waals surface area contributed by atoms with Crippen LogP contribution in [0.4, 0.5) is 33.3 Å². The molecule has 0 saturated carbocycles. The monoisotopic (exact) mass is 611 g/mol. The number of aromatic nitrogens is 2. The fourth-order valence-electron chi connectivity index (χ4n) is 7.23. The van der Waals surface area contributed by atoms with Crippen LogP contribution in [0.5, 0.6) is 0 Å². The highest BCUT2D eigenvalue weighted by Crippen LogP contribution is 2.52. The number of rotatable bonds is 4. The maximum Gasteiger partial charge on any atom is 0.418 e. The Morgan fingerprint density at radius 1 is 1.14 bits per heavy atom. The molecule has 44 heavy (non-hydrogen) atoms. The molecule has 4 aromatic rings.